The highest BCUT2D eigenvalue weighted by Gasteiger charge is 2.15. The highest BCUT2D eigenvalue weighted by molar-refractivity contribution is 5.56. The van der Waals surface area contributed by atoms with Crippen molar-refractivity contribution < 1.29 is 13.7 Å². The van der Waals surface area contributed by atoms with E-state index in [1.807, 2.05) is 6.92 Å². The second-order valence-corrected chi connectivity index (χ2v) is 3.94. The molecule has 1 heterocycles. The Morgan fingerprint density at radius 3 is 2.94 bits per heavy atom. The van der Waals surface area contributed by atoms with Gasteiger partial charge < -0.3 is 15.0 Å². The van der Waals surface area contributed by atoms with Crippen LogP contribution in [-0.4, -0.2) is 23.8 Å². The smallest absolute Gasteiger partial charge is 0.258 e. The van der Waals surface area contributed by atoms with Gasteiger partial charge in [0.25, 0.3) is 5.89 Å². The van der Waals surface area contributed by atoms with Gasteiger partial charge in [-0.3, -0.25) is 0 Å². The second kappa shape index (κ2) is 5.14. The van der Waals surface area contributed by atoms with Crippen molar-refractivity contribution in [3.63, 3.8) is 0 Å². The summed E-state index contributed by atoms with van der Waals surface area (Å²) in [6, 6.07) is 4.37. The minimum atomic E-state index is -0.434. The molecule has 0 fully saturated rings. The number of ether oxygens (including phenoxy) is 1. The monoisotopic (exact) mass is 251 g/mol. The lowest BCUT2D eigenvalue weighted by atomic mass is 10.1. The van der Waals surface area contributed by atoms with Gasteiger partial charge in [-0.05, 0) is 18.2 Å². The van der Waals surface area contributed by atoms with Gasteiger partial charge in [-0.25, -0.2) is 4.39 Å². The predicted octanol–water partition coefficient (Wildman–Crippen LogP) is 1.95. The fraction of sp³-hybridized carbons (Fsp3) is 0.333. The van der Waals surface area contributed by atoms with Gasteiger partial charge in [0.15, 0.2) is 17.4 Å². The summed E-state index contributed by atoms with van der Waals surface area (Å²) in [6.45, 7) is 2.34. The van der Waals surface area contributed by atoms with Gasteiger partial charge in [0, 0.05) is 18.0 Å². The Balaban J connectivity index is 2.34. The molecule has 6 heteroatoms. The zero-order chi connectivity index (χ0) is 13.1. The normalized spacial score (nSPS) is 12.4. The molecule has 0 saturated carbocycles. The number of nitrogens with zero attached hydrogens (tertiary/aromatic N) is 2. The molecular weight excluding hydrogens is 237 g/mol. The minimum absolute atomic E-state index is 0.0184. The molecule has 1 atom stereocenters. The van der Waals surface area contributed by atoms with Crippen LogP contribution < -0.4 is 10.5 Å². The van der Waals surface area contributed by atoms with E-state index in [0.717, 1.165) is 0 Å². The fourth-order valence-electron chi connectivity index (χ4n) is 1.45. The van der Waals surface area contributed by atoms with Crippen molar-refractivity contribution in [1.29, 1.82) is 0 Å². The lowest BCUT2D eigenvalue weighted by molar-refractivity contribution is 0.385. The molecule has 0 aliphatic heterocycles. The Bertz CT molecular complexity index is 542. The van der Waals surface area contributed by atoms with Crippen LogP contribution in [0, 0.1) is 5.82 Å². The molecule has 18 heavy (non-hydrogen) atoms. The lowest BCUT2D eigenvalue weighted by Gasteiger charge is -2.02. The fourth-order valence-corrected chi connectivity index (χ4v) is 1.45. The van der Waals surface area contributed by atoms with E-state index >= 15 is 0 Å². The van der Waals surface area contributed by atoms with E-state index in [2.05, 4.69) is 10.1 Å². The second-order valence-electron chi connectivity index (χ2n) is 3.94. The van der Waals surface area contributed by atoms with Gasteiger partial charge in [-0.1, -0.05) is 12.1 Å². The molecular formula is C12H14FN3O2. The number of halogens is 1. The van der Waals surface area contributed by atoms with Gasteiger partial charge in [-0.2, -0.15) is 4.98 Å². The largest absolute Gasteiger partial charge is 0.494 e. The van der Waals surface area contributed by atoms with Crippen molar-refractivity contribution in [2.45, 2.75) is 12.8 Å². The minimum Gasteiger partial charge on any atom is -0.494 e. The third-order valence-corrected chi connectivity index (χ3v) is 2.63. The first-order chi connectivity index (χ1) is 8.65. The first kappa shape index (κ1) is 12.5. The molecule has 0 aliphatic rings. The highest BCUT2D eigenvalue weighted by atomic mass is 19.1. The quantitative estimate of drug-likeness (QED) is 0.898. The van der Waals surface area contributed by atoms with Crippen LogP contribution in [0.4, 0.5) is 4.39 Å². The van der Waals surface area contributed by atoms with Crippen LogP contribution >= 0.6 is 0 Å². The molecule has 2 aromatic rings. The maximum atomic E-state index is 13.3. The van der Waals surface area contributed by atoms with E-state index in [4.69, 9.17) is 15.0 Å². The molecule has 1 aromatic carbocycles. The maximum absolute atomic E-state index is 13.3. The molecule has 0 spiro atoms. The van der Waals surface area contributed by atoms with Gasteiger partial charge in [0.2, 0.25) is 0 Å². The number of nitrogens with two attached hydrogens (primary N) is 1. The van der Waals surface area contributed by atoms with E-state index in [9.17, 15) is 4.39 Å². The molecule has 96 valence electrons. The summed E-state index contributed by atoms with van der Waals surface area (Å²) in [7, 11) is 1.40. The van der Waals surface area contributed by atoms with Crippen molar-refractivity contribution in [2.75, 3.05) is 13.7 Å². The summed E-state index contributed by atoms with van der Waals surface area (Å²) in [6.07, 6.45) is 0. The molecule has 0 saturated heterocycles. The molecule has 1 unspecified atom stereocenters. The number of hydrogen-bond donors (Lipinski definition) is 1. The zero-order valence-corrected chi connectivity index (χ0v) is 10.2. The Kier molecular flexibility index (Phi) is 3.57. The first-order valence-corrected chi connectivity index (χ1v) is 5.53. The summed E-state index contributed by atoms with van der Waals surface area (Å²) in [4.78, 5) is 4.22. The van der Waals surface area contributed by atoms with Gasteiger partial charge in [0.05, 0.1) is 7.11 Å². The van der Waals surface area contributed by atoms with E-state index in [0.29, 0.717) is 23.8 Å². The Hall–Kier alpha value is -1.95. The van der Waals surface area contributed by atoms with Crippen molar-refractivity contribution in [2.24, 2.45) is 5.73 Å². The number of hydrogen-bond acceptors (Lipinski definition) is 5. The van der Waals surface area contributed by atoms with Crippen molar-refractivity contribution >= 4 is 0 Å². The maximum Gasteiger partial charge on any atom is 0.258 e. The molecule has 2 rings (SSSR count). The van der Waals surface area contributed by atoms with Gasteiger partial charge in [-0.15, -0.1) is 0 Å². The molecule has 2 N–H and O–H groups in total. The van der Waals surface area contributed by atoms with Crippen LogP contribution in [0.15, 0.2) is 22.7 Å². The summed E-state index contributed by atoms with van der Waals surface area (Å²) >= 11 is 0. The molecule has 1 aromatic heterocycles. The number of rotatable bonds is 4. The van der Waals surface area contributed by atoms with Crippen molar-refractivity contribution in [3.05, 3.63) is 29.8 Å². The topological polar surface area (TPSA) is 74.2 Å². The molecule has 5 nitrogen and oxygen atoms in total. The van der Waals surface area contributed by atoms with Crippen molar-refractivity contribution in [3.8, 4) is 17.2 Å². The number of methoxy groups -OCH3 is 1. The van der Waals surface area contributed by atoms with E-state index in [1.54, 1.807) is 6.07 Å². The Morgan fingerprint density at radius 2 is 2.28 bits per heavy atom. The molecule has 0 radical (unpaired) electrons. The van der Waals surface area contributed by atoms with E-state index in [-0.39, 0.29) is 11.7 Å². The standard InChI is InChI=1S/C12H14FN3O2/c1-7(6-14)11-15-12(18-16-11)8-3-4-9(13)10(5-8)17-2/h3-5,7H,6,14H2,1-2H3. The molecule has 0 bridgehead atoms. The zero-order valence-electron chi connectivity index (χ0n) is 10.2. The summed E-state index contributed by atoms with van der Waals surface area (Å²) in [5.41, 5.74) is 6.13. The average molecular weight is 251 g/mol. The highest BCUT2D eigenvalue weighted by Crippen LogP contribution is 2.26. The van der Waals surface area contributed by atoms with Crippen LogP contribution in [0.25, 0.3) is 11.5 Å². The third-order valence-electron chi connectivity index (χ3n) is 2.63. The summed E-state index contributed by atoms with van der Waals surface area (Å²) < 4.78 is 23.3. The predicted molar refractivity (Wildman–Crippen MR) is 63.7 cm³/mol. The number of aromatic nitrogens is 2. The summed E-state index contributed by atoms with van der Waals surface area (Å²) in [5.74, 6) is 0.583. The van der Waals surface area contributed by atoms with E-state index < -0.39 is 5.82 Å². The number of benzene rings is 1. The SMILES string of the molecule is COc1cc(-c2nc(C(C)CN)no2)ccc1F. The van der Waals surface area contributed by atoms with Crippen LogP contribution in [0.2, 0.25) is 0 Å². The Morgan fingerprint density at radius 1 is 1.50 bits per heavy atom. The van der Waals surface area contributed by atoms with Crippen LogP contribution in [0.1, 0.15) is 18.7 Å². The van der Waals surface area contributed by atoms with Crippen LogP contribution in [-0.2, 0) is 0 Å². The Labute approximate surface area is 104 Å². The average Bonchev–Trinajstić information content (AvgIpc) is 2.88. The van der Waals surface area contributed by atoms with Gasteiger partial charge >= 0.3 is 0 Å². The van der Waals surface area contributed by atoms with Gasteiger partial charge in [0.1, 0.15) is 0 Å². The van der Waals surface area contributed by atoms with E-state index in [1.165, 1.54) is 19.2 Å². The lowest BCUT2D eigenvalue weighted by Crippen LogP contribution is -2.10. The van der Waals surface area contributed by atoms with Crippen LogP contribution in [0.5, 0.6) is 5.75 Å². The third kappa shape index (κ3) is 2.33. The summed E-state index contributed by atoms with van der Waals surface area (Å²) in [5, 5.41) is 3.84. The van der Waals surface area contributed by atoms with Crippen molar-refractivity contribution in [1.82, 2.24) is 10.1 Å². The molecule has 0 aliphatic carbocycles. The first-order valence-electron chi connectivity index (χ1n) is 5.53. The molecule has 0 amide bonds. The van der Waals surface area contributed by atoms with Crippen LogP contribution in [0.3, 0.4) is 0 Å².